The molecule has 0 bridgehead atoms. The van der Waals surface area contributed by atoms with Crippen molar-refractivity contribution in [1.82, 2.24) is 4.90 Å². The molecule has 2 N–H and O–H groups in total. The molecule has 1 aliphatic rings. The molecule has 19 heavy (non-hydrogen) atoms. The quantitative estimate of drug-likeness (QED) is 0.797. The minimum atomic E-state index is 0.625. The van der Waals surface area contributed by atoms with Gasteiger partial charge in [0.25, 0.3) is 0 Å². The fourth-order valence-corrected chi connectivity index (χ4v) is 3.13. The molecule has 1 fully saturated rings. The normalized spacial score (nSPS) is 24.5. The van der Waals surface area contributed by atoms with E-state index in [0.29, 0.717) is 6.04 Å². The van der Waals surface area contributed by atoms with Crippen LogP contribution in [0.4, 0.5) is 0 Å². The van der Waals surface area contributed by atoms with Crippen molar-refractivity contribution in [3.05, 3.63) is 35.9 Å². The average molecular weight is 260 g/mol. The van der Waals surface area contributed by atoms with Crippen molar-refractivity contribution < 1.29 is 0 Å². The molecule has 0 aliphatic carbocycles. The lowest BCUT2D eigenvalue weighted by Gasteiger charge is -2.38. The zero-order valence-corrected chi connectivity index (χ0v) is 12.2. The highest BCUT2D eigenvalue weighted by Crippen LogP contribution is 2.22. The maximum Gasteiger partial charge on any atom is 0.0220 e. The number of aryl methyl sites for hydroxylation is 1. The van der Waals surface area contributed by atoms with Gasteiger partial charge in [0.2, 0.25) is 0 Å². The lowest BCUT2D eigenvalue weighted by molar-refractivity contribution is 0.120. The number of hydrogen-bond donors (Lipinski definition) is 1. The molecule has 1 saturated heterocycles. The minimum absolute atomic E-state index is 0.625. The predicted octanol–water partition coefficient (Wildman–Crippen LogP) is 3.07. The SMILES string of the molecule is CC1CCN(CCCCc2ccccc2)C(CN)C1. The number of likely N-dealkylation sites (tertiary alicyclic amines) is 1. The van der Waals surface area contributed by atoms with Gasteiger partial charge in [-0.1, -0.05) is 37.3 Å². The van der Waals surface area contributed by atoms with Crippen molar-refractivity contribution in [3.63, 3.8) is 0 Å². The molecule has 1 aromatic carbocycles. The molecule has 1 aromatic rings. The molecule has 106 valence electrons. The van der Waals surface area contributed by atoms with Gasteiger partial charge in [-0.2, -0.15) is 0 Å². The van der Waals surface area contributed by atoms with Crippen LogP contribution in [0.25, 0.3) is 0 Å². The molecule has 0 radical (unpaired) electrons. The fourth-order valence-electron chi connectivity index (χ4n) is 3.13. The van der Waals surface area contributed by atoms with E-state index >= 15 is 0 Å². The molecule has 2 rings (SSSR count). The van der Waals surface area contributed by atoms with E-state index in [1.165, 1.54) is 50.8 Å². The van der Waals surface area contributed by atoms with Gasteiger partial charge in [0, 0.05) is 12.6 Å². The molecular weight excluding hydrogens is 232 g/mol. The second kappa shape index (κ2) is 7.66. The van der Waals surface area contributed by atoms with Gasteiger partial charge in [-0.15, -0.1) is 0 Å². The molecule has 2 heteroatoms. The Labute approximate surface area is 118 Å². The van der Waals surface area contributed by atoms with Gasteiger partial charge in [-0.3, -0.25) is 4.90 Å². The summed E-state index contributed by atoms with van der Waals surface area (Å²) in [5, 5.41) is 0. The summed E-state index contributed by atoms with van der Waals surface area (Å²) >= 11 is 0. The Morgan fingerprint density at radius 3 is 2.74 bits per heavy atom. The Kier molecular flexibility index (Phi) is 5.87. The van der Waals surface area contributed by atoms with Crippen LogP contribution in [0.1, 0.15) is 38.2 Å². The summed E-state index contributed by atoms with van der Waals surface area (Å²) < 4.78 is 0. The van der Waals surface area contributed by atoms with Crippen LogP contribution in [0, 0.1) is 5.92 Å². The van der Waals surface area contributed by atoms with Gasteiger partial charge in [0.1, 0.15) is 0 Å². The Balaban J connectivity index is 1.67. The van der Waals surface area contributed by atoms with E-state index in [1.54, 1.807) is 0 Å². The first-order valence-electron chi connectivity index (χ1n) is 7.77. The van der Waals surface area contributed by atoms with Gasteiger partial charge in [0.05, 0.1) is 0 Å². The third-order valence-corrected chi connectivity index (χ3v) is 4.38. The summed E-state index contributed by atoms with van der Waals surface area (Å²) in [6.45, 7) is 5.65. The molecule has 1 heterocycles. The Morgan fingerprint density at radius 2 is 2.00 bits per heavy atom. The van der Waals surface area contributed by atoms with Gasteiger partial charge in [-0.05, 0) is 56.7 Å². The van der Waals surface area contributed by atoms with Crippen LogP contribution in [-0.4, -0.2) is 30.6 Å². The first kappa shape index (κ1) is 14.5. The molecule has 2 atom stereocenters. The maximum atomic E-state index is 5.91. The van der Waals surface area contributed by atoms with Crippen molar-refractivity contribution in [3.8, 4) is 0 Å². The van der Waals surface area contributed by atoms with Gasteiger partial charge >= 0.3 is 0 Å². The van der Waals surface area contributed by atoms with E-state index in [2.05, 4.69) is 42.2 Å². The smallest absolute Gasteiger partial charge is 0.0220 e. The molecular formula is C17H28N2. The summed E-state index contributed by atoms with van der Waals surface area (Å²) in [6, 6.07) is 11.4. The van der Waals surface area contributed by atoms with Crippen molar-refractivity contribution in [2.24, 2.45) is 11.7 Å². The van der Waals surface area contributed by atoms with E-state index < -0.39 is 0 Å². The topological polar surface area (TPSA) is 29.3 Å². The van der Waals surface area contributed by atoms with Crippen molar-refractivity contribution in [2.45, 2.75) is 45.1 Å². The van der Waals surface area contributed by atoms with Crippen LogP contribution in [0.3, 0.4) is 0 Å². The zero-order valence-electron chi connectivity index (χ0n) is 12.2. The van der Waals surface area contributed by atoms with Crippen LogP contribution in [-0.2, 0) is 6.42 Å². The van der Waals surface area contributed by atoms with E-state index in [1.807, 2.05) is 0 Å². The van der Waals surface area contributed by atoms with Crippen molar-refractivity contribution >= 4 is 0 Å². The number of benzene rings is 1. The third kappa shape index (κ3) is 4.63. The standard InChI is InChI=1S/C17H28N2/c1-15-10-12-19(17(13-15)14-18)11-6-5-9-16-7-3-2-4-8-16/h2-4,7-8,15,17H,5-6,9-14,18H2,1H3. The highest BCUT2D eigenvalue weighted by atomic mass is 15.2. The molecule has 1 aliphatic heterocycles. The van der Waals surface area contributed by atoms with E-state index in [-0.39, 0.29) is 0 Å². The summed E-state index contributed by atoms with van der Waals surface area (Å²) in [4.78, 5) is 2.62. The zero-order chi connectivity index (χ0) is 13.5. The second-order valence-corrected chi connectivity index (χ2v) is 6.00. The third-order valence-electron chi connectivity index (χ3n) is 4.38. The highest BCUT2D eigenvalue weighted by Gasteiger charge is 2.24. The van der Waals surface area contributed by atoms with Crippen molar-refractivity contribution in [1.29, 1.82) is 0 Å². The first-order valence-corrected chi connectivity index (χ1v) is 7.77. The highest BCUT2D eigenvalue weighted by molar-refractivity contribution is 5.14. The summed E-state index contributed by atoms with van der Waals surface area (Å²) in [5.41, 5.74) is 7.37. The minimum Gasteiger partial charge on any atom is -0.329 e. The number of nitrogens with zero attached hydrogens (tertiary/aromatic N) is 1. The number of rotatable bonds is 6. The van der Waals surface area contributed by atoms with Gasteiger partial charge in [0.15, 0.2) is 0 Å². The molecule has 2 unspecified atom stereocenters. The van der Waals surface area contributed by atoms with E-state index in [0.717, 1.165) is 12.5 Å². The second-order valence-electron chi connectivity index (χ2n) is 6.00. The lowest BCUT2D eigenvalue weighted by atomic mass is 9.92. The van der Waals surface area contributed by atoms with Crippen LogP contribution >= 0.6 is 0 Å². The Bertz CT molecular complexity index is 350. The predicted molar refractivity (Wildman–Crippen MR) is 82.2 cm³/mol. The van der Waals surface area contributed by atoms with E-state index in [9.17, 15) is 0 Å². The van der Waals surface area contributed by atoms with Crippen molar-refractivity contribution in [2.75, 3.05) is 19.6 Å². The molecule has 0 amide bonds. The summed E-state index contributed by atoms with van der Waals surface area (Å²) in [5.74, 6) is 0.856. The Hall–Kier alpha value is -0.860. The molecule has 0 aromatic heterocycles. The van der Waals surface area contributed by atoms with E-state index in [4.69, 9.17) is 5.73 Å². The summed E-state index contributed by atoms with van der Waals surface area (Å²) in [7, 11) is 0. The Morgan fingerprint density at radius 1 is 1.21 bits per heavy atom. The maximum absolute atomic E-state index is 5.91. The van der Waals surface area contributed by atoms with Crippen LogP contribution < -0.4 is 5.73 Å². The van der Waals surface area contributed by atoms with Gasteiger partial charge < -0.3 is 5.73 Å². The molecule has 2 nitrogen and oxygen atoms in total. The van der Waals surface area contributed by atoms with Crippen LogP contribution in [0.15, 0.2) is 30.3 Å². The van der Waals surface area contributed by atoms with Crippen LogP contribution in [0.5, 0.6) is 0 Å². The number of hydrogen-bond acceptors (Lipinski definition) is 2. The monoisotopic (exact) mass is 260 g/mol. The largest absolute Gasteiger partial charge is 0.329 e. The fraction of sp³-hybridized carbons (Fsp3) is 0.647. The average Bonchev–Trinajstić information content (AvgIpc) is 2.46. The van der Waals surface area contributed by atoms with Crippen LogP contribution in [0.2, 0.25) is 0 Å². The van der Waals surface area contributed by atoms with Gasteiger partial charge in [-0.25, -0.2) is 0 Å². The molecule has 0 saturated carbocycles. The number of unbranched alkanes of at least 4 members (excludes halogenated alkanes) is 1. The molecule has 0 spiro atoms. The lowest BCUT2D eigenvalue weighted by Crippen LogP contribution is -2.46. The number of nitrogens with two attached hydrogens (primary N) is 1. The summed E-state index contributed by atoms with van der Waals surface area (Å²) in [6.07, 6.45) is 6.41. The number of piperidine rings is 1. The first-order chi connectivity index (χ1) is 9.29.